The predicted octanol–water partition coefficient (Wildman–Crippen LogP) is 1.86. The van der Waals surface area contributed by atoms with E-state index in [4.69, 9.17) is 4.42 Å². The average Bonchev–Trinajstić information content (AvgIpc) is 3.29. The Morgan fingerprint density at radius 2 is 1.89 bits per heavy atom. The molecule has 1 N–H and O–H groups in total. The van der Waals surface area contributed by atoms with Gasteiger partial charge in [-0.2, -0.15) is 0 Å². The van der Waals surface area contributed by atoms with Gasteiger partial charge in [-0.1, -0.05) is 12.8 Å². The molecule has 1 aromatic carbocycles. The van der Waals surface area contributed by atoms with Crippen molar-refractivity contribution in [2.75, 3.05) is 13.1 Å². The van der Waals surface area contributed by atoms with Crippen LogP contribution in [0.25, 0.3) is 11.0 Å². The Morgan fingerprint density at radius 1 is 1.11 bits per heavy atom. The number of likely N-dealkylation sites (tertiary alicyclic amines) is 1. The first-order valence-electron chi connectivity index (χ1n) is 9.25. The number of carbonyl (C=O) groups is 1. The van der Waals surface area contributed by atoms with Crippen LogP contribution in [0.3, 0.4) is 0 Å². The molecule has 0 spiro atoms. The normalized spacial score (nSPS) is 21.4. The molecule has 2 heterocycles. The zero-order valence-electron chi connectivity index (χ0n) is 14.9. The lowest BCUT2D eigenvalue weighted by molar-refractivity contribution is -0.129. The Bertz CT molecular complexity index is 1020. The van der Waals surface area contributed by atoms with Crippen molar-refractivity contribution < 1.29 is 17.6 Å². The van der Waals surface area contributed by atoms with Crippen LogP contribution in [-0.4, -0.2) is 38.4 Å². The minimum absolute atomic E-state index is 0.00801. The molecular formula is C19H22N2O5S. The van der Waals surface area contributed by atoms with E-state index in [2.05, 4.69) is 4.72 Å². The van der Waals surface area contributed by atoms with Gasteiger partial charge in [0.15, 0.2) is 0 Å². The molecule has 1 saturated carbocycles. The number of hydrogen-bond acceptors (Lipinski definition) is 5. The number of sulfonamides is 1. The van der Waals surface area contributed by atoms with Gasteiger partial charge in [-0.15, -0.1) is 0 Å². The lowest BCUT2D eigenvalue weighted by Gasteiger charge is -2.24. The van der Waals surface area contributed by atoms with Gasteiger partial charge in [-0.05, 0) is 43.0 Å². The molecule has 8 heteroatoms. The van der Waals surface area contributed by atoms with Gasteiger partial charge in [0.05, 0.1) is 4.90 Å². The van der Waals surface area contributed by atoms with E-state index >= 15 is 0 Å². The van der Waals surface area contributed by atoms with Gasteiger partial charge in [-0.3, -0.25) is 4.79 Å². The molecule has 1 aliphatic carbocycles. The van der Waals surface area contributed by atoms with Gasteiger partial charge in [0.1, 0.15) is 5.58 Å². The molecule has 1 unspecified atom stereocenters. The molecule has 1 amide bonds. The first-order chi connectivity index (χ1) is 12.9. The van der Waals surface area contributed by atoms with Crippen LogP contribution >= 0.6 is 0 Å². The smallest absolute Gasteiger partial charge is 0.336 e. The van der Waals surface area contributed by atoms with Crippen molar-refractivity contribution in [2.45, 2.75) is 43.0 Å². The molecule has 144 valence electrons. The summed E-state index contributed by atoms with van der Waals surface area (Å²) in [6, 6.07) is 7.49. The van der Waals surface area contributed by atoms with Crippen molar-refractivity contribution in [3.8, 4) is 0 Å². The second-order valence-corrected chi connectivity index (χ2v) is 9.13. The second kappa shape index (κ2) is 7.09. The van der Waals surface area contributed by atoms with E-state index in [9.17, 15) is 18.0 Å². The van der Waals surface area contributed by atoms with Gasteiger partial charge < -0.3 is 9.32 Å². The maximum absolute atomic E-state index is 12.6. The van der Waals surface area contributed by atoms with Gasteiger partial charge in [0, 0.05) is 37.0 Å². The Balaban J connectivity index is 1.43. The van der Waals surface area contributed by atoms with Crippen LogP contribution in [0.4, 0.5) is 0 Å². The van der Waals surface area contributed by atoms with Gasteiger partial charge in [-0.25, -0.2) is 17.9 Å². The maximum atomic E-state index is 12.6. The summed E-state index contributed by atoms with van der Waals surface area (Å²) in [5, 5.41) is 0.543. The highest BCUT2D eigenvalue weighted by Crippen LogP contribution is 2.29. The minimum Gasteiger partial charge on any atom is -0.423 e. The van der Waals surface area contributed by atoms with Crippen LogP contribution in [-0.2, 0) is 14.8 Å². The van der Waals surface area contributed by atoms with Gasteiger partial charge >= 0.3 is 5.63 Å². The standard InChI is InChI=1S/C19H22N2O5S/c22-18-9-13(12-21(18)15-3-1-2-4-15)11-20-27(24,25)16-6-7-17-14(10-16)5-8-19(23)26-17/h5-8,10,13,15,20H,1-4,9,11-12H2. The van der Waals surface area contributed by atoms with E-state index in [1.54, 1.807) is 0 Å². The first-order valence-corrected chi connectivity index (χ1v) is 10.7. The van der Waals surface area contributed by atoms with E-state index in [0.29, 0.717) is 30.0 Å². The molecule has 7 nitrogen and oxygen atoms in total. The van der Waals surface area contributed by atoms with Gasteiger partial charge in [0.25, 0.3) is 0 Å². The summed E-state index contributed by atoms with van der Waals surface area (Å²) in [4.78, 5) is 25.5. The van der Waals surface area contributed by atoms with E-state index in [1.807, 2.05) is 4.90 Å². The van der Waals surface area contributed by atoms with Crippen molar-refractivity contribution in [1.29, 1.82) is 0 Å². The first kappa shape index (κ1) is 18.2. The quantitative estimate of drug-likeness (QED) is 0.786. The Labute approximate surface area is 157 Å². The number of nitrogens with zero attached hydrogens (tertiary/aromatic N) is 1. The van der Waals surface area contributed by atoms with Crippen molar-refractivity contribution >= 4 is 26.9 Å². The van der Waals surface area contributed by atoms with Gasteiger partial charge in [0.2, 0.25) is 15.9 Å². The summed E-state index contributed by atoms with van der Waals surface area (Å²) >= 11 is 0. The number of amides is 1. The van der Waals surface area contributed by atoms with Crippen LogP contribution in [0.2, 0.25) is 0 Å². The zero-order chi connectivity index (χ0) is 19.0. The molecule has 1 aliphatic heterocycles. The number of rotatable bonds is 5. The third-order valence-corrected chi connectivity index (χ3v) is 6.89. The van der Waals surface area contributed by atoms with E-state index in [0.717, 1.165) is 25.7 Å². The third kappa shape index (κ3) is 3.77. The lowest BCUT2D eigenvalue weighted by atomic mass is 10.1. The van der Waals surface area contributed by atoms with Crippen molar-refractivity contribution in [3.63, 3.8) is 0 Å². The Hall–Kier alpha value is -2.19. The molecule has 2 fully saturated rings. The van der Waals surface area contributed by atoms with E-state index < -0.39 is 15.6 Å². The zero-order valence-corrected chi connectivity index (χ0v) is 15.7. The lowest BCUT2D eigenvalue weighted by Crippen LogP contribution is -2.36. The van der Waals surface area contributed by atoms with Crippen LogP contribution in [0.1, 0.15) is 32.1 Å². The number of fused-ring (bicyclic) bond motifs is 1. The van der Waals surface area contributed by atoms with Crippen molar-refractivity contribution in [3.05, 3.63) is 40.8 Å². The summed E-state index contributed by atoms with van der Waals surface area (Å²) in [6.45, 7) is 0.855. The summed E-state index contributed by atoms with van der Waals surface area (Å²) in [6.07, 6.45) is 4.82. The number of carbonyl (C=O) groups excluding carboxylic acids is 1. The summed E-state index contributed by atoms with van der Waals surface area (Å²) < 4.78 is 32.9. The summed E-state index contributed by atoms with van der Waals surface area (Å²) in [5.41, 5.74) is -0.135. The fraction of sp³-hybridized carbons (Fsp3) is 0.474. The SMILES string of the molecule is O=C1CC(CNS(=O)(=O)c2ccc3oc(=O)ccc3c2)CN1C1CCCC1. The van der Waals surface area contributed by atoms with Crippen LogP contribution in [0.5, 0.6) is 0 Å². The molecular weight excluding hydrogens is 368 g/mol. The highest BCUT2D eigenvalue weighted by Gasteiger charge is 2.35. The molecule has 0 radical (unpaired) electrons. The molecule has 1 aromatic heterocycles. The van der Waals surface area contributed by atoms with E-state index in [-0.39, 0.29) is 23.3 Å². The summed E-state index contributed by atoms with van der Waals surface area (Å²) in [7, 11) is -3.70. The molecule has 0 bridgehead atoms. The van der Waals surface area contributed by atoms with Crippen molar-refractivity contribution in [1.82, 2.24) is 9.62 Å². The highest BCUT2D eigenvalue weighted by atomic mass is 32.2. The van der Waals surface area contributed by atoms with Crippen LogP contribution in [0.15, 0.2) is 44.4 Å². The molecule has 4 rings (SSSR count). The molecule has 1 atom stereocenters. The summed E-state index contributed by atoms with van der Waals surface area (Å²) in [5.74, 6) is 0.123. The minimum atomic E-state index is -3.70. The molecule has 2 aliphatic rings. The molecule has 1 saturated heterocycles. The Kier molecular flexibility index (Phi) is 4.77. The van der Waals surface area contributed by atoms with Crippen molar-refractivity contribution in [2.24, 2.45) is 5.92 Å². The number of benzene rings is 1. The van der Waals surface area contributed by atoms with Crippen LogP contribution in [0, 0.1) is 5.92 Å². The maximum Gasteiger partial charge on any atom is 0.336 e. The average molecular weight is 390 g/mol. The Morgan fingerprint density at radius 3 is 2.67 bits per heavy atom. The van der Waals surface area contributed by atoms with Crippen LogP contribution < -0.4 is 10.3 Å². The monoisotopic (exact) mass is 390 g/mol. The topological polar surface area (TPSA) is 96.7 Å². The number of hydrogen-bond donors (Lipinski definition) is 1. The molecule has 2 aromatic rings. The number of nitrogens with one attached hydrogen (secondary N) is 1. The highest BCUT2D eigenvalue weighted by molar-refractivity contribution is 7.89. The predicted molar refractivity (Wildman–Crippen MR) is 99.7 cm³/mol. The molecule has 27 heavy (non-hydrogen) atoms. The fourth-order valence-corrected chi connectivity index (χ4v) is 5.19. The fourth-order valence-electron chi connectivity index (χ4n) is 4.04. The van der Waals surface area contributed by atoms with E-state index in [1.165, 1.54) is 30.3 Å². The largest absolute Gasteiger partial charge is 0.423 e. The third-order valence-electron chi connectivity index (χ3n) is 5.47. The second-order valence-electron chi connectivity index (χ2n) is 7.36.